The summed E-state index contributed by atoms with van der Waals surface area (Å²) >= 11 is 0. The van der Waals surface area contributed by atoms with E-state index in [0.29, 0.717) is 11.3 Å². The van der Waals surface area contributed by atoms with Gasteiger partial charge in [-0.15, -0.1) is 0 Å². The molecule has 1 atom stereocenters. The number of nitrogens with one attached hydrogen (secondary N) is 1. The predicted octanol–water partition coefficient (Wildman–Crippen LogP) is 7.51. The number of carbonyl (C=O) groups excluding carboxylic acids is 1. The van der Waals surface area contributed by atoms with E-state index < -0.39 is 17.7 Å². The molecule has 0 bridgehead atoms. The van der Waals surface area contributed by atoms with E-state index in [2.05, 4.69) is 16.9 Å². The number of hydrogen-bond donors (Lipinski definition) is 2. The summed E-state index contributed by atoms with van der Waals surface area (Å²) in [6, 6.07) is 17.3. The minimum Gasteiger partial charge on any atom is -0.481 e. The van der Waals surface area contributed by atoms with Crippen LogP contribution in [0.1, 0.15) is 77.1 Å². The van der Waals surface area contributed by atoms with Gasteiger partial charge in [-0.25, -0.2) is 9.67 Å². The van der Waals surface area contributed by atoms with E-state index in [-0.39, 0.29) is 36.5 Å². The van der Waals surface area contributed by atoms with Crippen molar-refractivity contribution in [2.45, 2.75) is 50.6 Å². The van der Waals surface area contributed by atoms with Crippen molar-refractivity contribution < 1.29 is 27.9 Å². The standard InChI is InChI=1S/C34H33F3N4O3/c1-2-22-8-6-7-11-27(22)32-28(21-41(40-32)29-17-16-26(20-39-29)34(35,36)37)31(23-9-4-3-5-10-23)24-12-14-25(15-13-24)33(44)38-19-18-30(42)43/h2,6-8,11-17,20-21,23,31H,1,3-5,9-10,18-19H2,(H,38,44)(H,42,43). The third kappa shape index (κ3) is 6.90. The first-order chi connectivity index (χ1) is 21.2. The predicted molar refractivity (Wildman–Crippen MR) is 161 cm³/mol. The first-order valence-electron chi connectivity index (χ1n) is 14.6. The number of alkyl halides is 3. The lowest BCUT2D eigenvalue weighted by molar-refractivity contribution is -0.138. The Morgan fingerprint density at radius 2 is 1.77 bits per heavy atom. The smallest absolute Gasteiger partial charge is 0.417 e. The molecule has 1 amide bonds. The molecule has 1 saturated carbocycles. The lowest BCUT2D eigenvalue weighted by Gasteiger charge is -2.31. The third-order valence-corrected chi connectivity index (χ3v) is 8.10. The van der Waals surface area contributed by atoms with E-state index in [9.17, 15) is 22.8 Å². The normalized spacial score (nSPS) is 14.6. The average Bonchev–Trinajstić information content (AvgIpc) is 3.46. The Labute approximate surface area is 253 Å². The highest BCUT2D eigenvalue weighted by molar-refractivity contribution is 5.94. The fourth-order valence-electron chi connectivity index (χ4n) is 5.92. The second-order valence-corrected chi connectivity index (χ2v) is 11.0. The van der Waals surface area contributed by atoms with Gasteiger partial charge in [-0.2, -0.15) is 18.3 Å². The van der Waals surface area contributed by atoms with E-state index in [1.54, 1.807) is 18.2 Å². The molecule has 10 heteroatoms. The second kappa shape index (κ2) is 13.3. The van der Waals surface area contributed by atoms with Crippen molar-refractivity contribution in [2.75, 3.05) is 6.54 Å². The van der Waals surface area contributed by atoms with Gasteiger partial charge in [0.05, 0.1) is 17.7 Å². The van der Waals surface area contributed by atoms with Crippen molar-refractivity contribution >= 4 is 18.0 Å². The molecule has 228 valence electrons. The van der Waals surface area contributed by atoms with Gasteiger partial charge in [-0.3, -0.25) is 9.59 Å². The van der Waals surface area contributed by atoms with Gasteiger partial charge in [0.15, 0.2) is 5.82 Å². The van der Waals surface area contributed by atoms with Crippen LogP contribution in [0, 0.1) is 5.92 Å². The molecule has 0 saturated heterocycles. The zero-order valence-corrected chi connectivity index (χ0v) is 24.1. The van der Waals surface area contributed by atoms with Gasteiger partial charge < -0.3 is 10.4 Å². The molecule has 2 heterocycles. The Kier molecular flexibility index (Phi) is 9.27. The second-order valence-electron chi connectivity index (χ2n) is 11.0. The Balaban J connectivity index is 1.60. The number of aromatic nitrogens is 3. The Hall–Kier alpha value is -4.73. The van der Waals surface area contributed by atoms with Crippen molar-refractivity contribution in [1.29, 1.82) is 0 Å². The number of carbonyl (C=O) groups is 2. The molecule has 0 spiro atoms. The van der Waals surface area contributed by atoms with Crippen LogP contribution in [0.25, 0.3) is 23.2 Å². The van der Waals surface area contributed by atoms with Crippen LogP contribution in [0.5, 0.6) is 0 Å². The molecule has 7 nitrogen and oxygen atoms in total. The molecule has 0 radical (unpaired) electrons. The van der Waals surface area contributed by atoms with Crippen molar-refractivity contribution in [2.24, 2.45) is 5.92 Å². The van der Waals surface area contributed by atoms with E-state index >= 15 is 0 Å². The van der Waals surface area contributed by atoms with Gasteiger partial charge in [0.25, 0.3) is 5.91 Å². The molecular weight excluding hydrogens is 569 g/mol. The van der Waals surface area contributed by atoms with Crippen molar-refractivity contribution in [3.63, 3.8) is 0 Å². The Bertz CT molecular complexity index is 1620. The lowest BCUT2D eigenvalue weighted by atomic mass is 9.73. The van der Waals surface area contributed by atoms with Crippen LogP contribution in [0.2, 0.25) is 0 Å². The van der Waals surface area contributed by atoms with Gasteiger partial charge in [0, 0.05) is 41.5 Å². The van der Waals surface area contributed by atoms with Gasteiger partial charge in [-0.05, 0) is 54.2 Å². The molecule has 5 rings (SSSR count). The van der Waals surface area contributed by atoms with Crippen LogP contribution in [-0.4, -0.2) is 38.3 Å². The van der Waals surface area contributed by atoms with Gasteiger partial charge in [0.1, 0.15) is 0 Å². The maximum atomic E-state index is 13.2. The number of carboxylic acid groups (broad SMARTS) is 1. The van der Waals surface area contributed by atoms with E-state index in [1.807, 2.05) is 42.6 Å². The summed E-state index contributed by atoms with van der Waals surface area (Å²) in [6.07, 6.45) is 5.06. The number of rotatable bonds is 10. The summed E-state index contributed by atoms with van der Waals surface area (Å²) < 4.78 is 41.3. The van der Waals surface area contributed by atoms with E-state index in [1.165, 1.54) is 10.7 Å². The molecule has 4 aromatic rings. The zero-order chi connectivity index (χ0) is 31.3. The number of hydrogen-bond acceptors (Lipinski definition) is 4. The summed E-state index contributed by atoms with van der Waals surface area (Å²) in [6.45, 7) is 4.00. The zero-order valence-electron chi connectivity index (χ0n) is 24.1. The average molecular weight is 603 g/mol. The monoisotopic (exact) mass is 602 g/mol. The van der Waals surface area contributed by atoms with Crippen LogP contribution >= 0.6 is 0 Å². The SMILES string of the molecule is C=Cc1ccccc1-c1nn(-c2ccc(C(F)(F)F)cn2)cc1C(c1ccc(C(=O)NCCC(=O)O)cc1)C1CCCCC1. The molecule has 2 aromatic carbocycles. The minimum absolute atomic E-state index is 0.0316. The largest absolute Gasteiger partial charge is 0.481 e. The number of aliphatic carboxylic acids is 1. The Morgan fingerprint density at radius 3 is 2.41 bits per heavy atom. The molecule has 44 heavy (non-hydrogen) atoms. The number of benzene rings is 2. The number of amides is 1. The lowest BCUT2D eigenvalue weighted by Crippen LogP contribution is -2.26. The first kappa shape index (κ1) is 30.7. The number of carboxylic acids is 1. The summed E-state index contributed by atoms with van der Waals surface area (Å²) in [5.74, 6) is -0.926. The number of pyridine rings is 1. The van der Waals surface area contributed by atoms with Crippen LogP contribution < -0.4 is 5.32 Å². The Morgan fingerprint density at radius 1 is 1.05 bits per heavy atom. The fourth-order valence-corrected chi connectivity index (χ4v) is 5.92. The van der Waals surface area contributed by atoms with Gasteiger partial charge in [0.2, 0.25) is 0 Å². The van der Waals surface area contributed by atoms with Crippen LogP contribution in [0.4, 0.5) is 13.2 Å². The molecule has 0 aliphatic heterocycles. The van der Waals surface area contributed by atoms with Crippen LogP contribution in [0.3, 0.4) is 0 Å². The molecule has 1 aliphatic carbocycles. The van der Waals surface area contributed by atoms with Gasteiger partial charge in [-0.1, -0.05) is 68.3 Å². The molecular formula is C34H33F3N4O3. The number of nitrogens with zero attached hydrogens (tertiary/aromatic N) is 3. The highest BCUT2D eigenvalue weighted by atomic mass is 19.4. The molecule has 2 N–H and O–H groups in total. The topological polar surface area (TPSA) is 97.1 Å². The van der Waals surface area contributed by atoms with Crippen molar-refractivity contribution in [1.82, 2.24) is 20.1 Å². The maximum Gasteiger partial charge on any atom is 0.417 e. The maximum absolute atomic E-state index is 13.2. The highest BCUT2D eigenvalue weighted by Gasteiger charge is 2.33. The summed E-state index contributed by atoms with van der Waals surface area (Å²) in [4.78, 5) is 27.6. The molecule has 2 aromatic heterocycles. The third-order valence-electron chi connectivity index (χ3n) is 8.10. The van der Waals surface area contributed by atoms with Crippen LogP contribution in [0.15, 0.2) is 79.6 Å². The number of halogens is 3. The summed E-state index contributed by atoms with van der Waals surface area (Å²) in [7, 11) is 0. The first-order valence-corrected chi connectivity index (χ1v) is 14.6. The minimum atomic E-state index is -4.50. The molecule has 1 aliphatic rings. The fraction of sp³-hybridized carbons (Fsp3) is 0.294. The highest BCUT2D eigenvalue weighted by Crippen LogP contribution is 2.44. The van der Waals surface area contributed by atoms with Crippen LogP contribution in [-0.2, 0) is 11.0 Å². The van der Waals surface area contributed by atoms with E-state index in [0.717, 1.165) is 66.6 Å². The van der Waals surface area contributed by atoms with Gasteiger partial charge >= 0.3 is 12.1 Å². The van der Waals surface area contributed by atoms with Crippen molar-refractivity contribution in [3.8, 4) is 17.1 Å². The van der Waals surface area contributed by atoms with E-state index in [4.69, 9.17) is 10.2 Å². The molecule has 1 fully saturated rings. The molecule has 1 unspecified atom stereocenters. The quantitative estimate of drug-likeness (QED) is 0.196. The summed E-state index contributed by atoms with van der Waals surface area (Å²) in [5, 5.41) is 16.4. The van der Waals surface area contributed by atoms with Crippen molar-refractivity contribution in [3.05, 3.63) is 107 Å². The summed E-state index contributed by atoms with van der Waals surface area (Å²) in [5.41, 5.74) is 3.88.